The molecule has 1 atom stereocenters. The van der Waals surface area contributed by atoms with Gasteiger partial charge in [0.25, 0.3) is 0 Å². The maximum atomic E-state index is 5.53. The predicted octanol–water partition coefficient (Wildman–Crippen LogP) is 2.41. The van der Waals surface area contributed by atoms with Gasteiger partial charge in [0.1, 0.15) is 0 Å². The topological polar surface area (TPSA) is 33.7 Å². The number of ether oxygens (including phenoxy) is 2. The Morgan fingerprint density at radius 1 is 1.15 bits per heavy atom. The summed E-state index contributed by atoms with van der Waals surface area (Å²) in [4.78, 5) is 2.59. The quantitative estimate of drug-likeness (QED) is 0.915. The second-order valence-electron chi connectivity index (χ2n) is 6.04. The number of hydrogen-bond donors (Lipinski definition) is 1. The molecule has 1 saturated heterocycles. The number of rotatable bonds is 4. The maximum absolute atomic E-state index is 5.53. The van der Waals surface area contributed by atoms with Crippen molar-refractivity contribution in [1.82, 2.24) is 10.2 Å². The van der Waals surface area contributed by atoms with E-state index in [2.05, 4.69) is 36.2 Å². The van der Waals surface area contributed by atoms with Crippen LogP contribution in [0.3, 0.4) is 0 Å². The second-order valence-corrected chi connectivity index (χ2v) is 6.04. The highest BCUT2D eigenvalue weighted by Crippen LogP contribution is 2.37. The molecule has 0 saturated carbocycles. The Labute approximate surface area is 121 Å². The molecule has 3 rings (SSSR count). The summed E-state index contributed by atoms with van der Waals surface area (Å²) in [6.45, 7) is 9.33. The van der Waals surface area contributed by atoms with Gasteiger partial charge in [0.2, 0.25) is 6.79 Å². The van der Waals surface area contributed by atoms with Crippen molar-refractivity contribution < 1.29 is 9.47 Å². The van der Waals surface area contributed by atoms with Crippen molar-refractivity contribution in [1.29, 1.82) is 0 Å². The van der Waals surface area contributed by atoms with Gasteiger partial charge >= 0.3 is 0 Å². The van der Waals surface area contributed by atoms with Crippen molar-refractivity contribution in [3.05, 3.63) is 23.8 Å². The lowest BCUT2D eigenvalue weighted by Crippen LogP contribution is -2.45. The number of benzene rings is 1. The first kappa shape index (κ1) is 13.7. The van der Waals surface area contributed by atoms with E-state index in [1.807, 2.05) is 6.07 Å². The SMILES string of the molecule is CC(C)CC(c1ccc2c(c1)OCO2)N1CCNCC1. The zero-order valence-corrected chi connectivity index (χ0v) is 12.4. The minimum atomic E-state index is 0.348. The first-order valence-electron chi connectivity index (χ1n) is 7.58. The van der Waals surface area contributed by atoms with E-state index in [9.17, 15) is 0 Å². The predicted molar refractivity (Wildman–Crippen MR) is 79.2 cm³/mol. The van der Waals surface area contributed by atoms with Gasteiger partial charge in [-0.15, -0.1) is 0 Å². The Morgan fingerprint density at radius 2 is 1.90 bits per heavy atom. The molecule has 0 amide bonds. The Hall–Kier alpha value is -1.26. The van der Waals surface area contributed by atoms with Crippen molar-refractivity contribution >= 4 is 0 Å². The van der Waals surface area contributed by atoms with E-state index < -0.39 is 0 Å². The zero-order chi connectivity index (χ0) is 13.9. The van der Waals surface area contributed by atoms with E-state index >= 15 is 0 Å². The van der Waals surface area contributed by atoms with Gasteiger partial charge in [0.05, 0.1) is 0 Å². The van der Waals surface area contributed by atoms with Gasteiger partial charge in [-0.3, -0.25) is 4.90 Å². The van der Waals surface area contributed by atoms with Crippen LogP contribution in [0, 0.1) is 5.92 Å². The number of fused-ring (bicyclic) bond motifs is 1. The highest BCUT2D eigenvalue weighted by molar-refractivity contribution is 5.45. The molecule has 2 aliphatic heterocycles. The van der Waals surface area contributed by atoms with Crippen molar-refractivity contribution in [3.8, 4) is 11.5 Å². The fourth-order valence-corrected chi connectivity index (χ4v) is 3.06. The normalized spacial score (nSPS) is 20.4. The largest absolute Gasteiger partial charge is 0.454 e. The summed E-state index contributed by atoms with van der Waals surface area (Å²) in [6, 6.07) is 6.89. The first-order chi connectivity index (χ1) is 9.74. The lowest BCUT2D eigenvalue weighted by Gasteiger charge is -2.36. The fourth-order valence-electron chi connectivity index (χ4n) is 3.06. The van der Waals surface area contributed by atoms with Crippen LogP contribution in [0.15, 0.2) is 18.2 Å². The van der Waals surface area contributed by atoms with E-state index in [1.54, 1.807) is 0 Å². The average molecular weight is 276 g/mol. The van der Waals surface area contributed by atoms with Crippen LogP contribution < -0.4 is 14.8 Å². The molecular weight excluding hydrogens is 252 g/mol. The van der Waals surface area contributed by atoms with Crippen LogP contribution in [0.4, 0.5) is 0 Å². The molecule has 0 aliphatic carbocycles. The van der Waals surface area contributed by atoms with Gasteiger partial charge in [-0.2, -0.15) is 0 Å². The van der Waals surface area contributed by atoms with Crippen molar-refractivity contribution in [2.45, 2.75) is 26.3 Å². The molecule has 1 aromatic carbocycles. The molecule has 1 fully saturated rings. The molecule has 0 aromatic heterocycles. The number of piperazine rings is 1. The molecular formula is C16H24N2O2. The van der Waals surface area contributed by atoms with E-state index in [0.717, 1.165) is 37.7 Å². The summed E-state index contributed by atoms with van der Waals surface area (Å²) in [5.74, 6) is 2.45. The van der Waals surface area contributed by atoms with Crippen LogP contribution in [0.1, 0.15) is 31.9 Å². The average Bonchev–Trinajstić information content (AvgIpc) is 2.93. The smallest absolute Gasteiger partial charge is 0.231 e. The zero-order valence-electron chi connectivity index (χ0n) is 12.4. The molecule has 4 heteroatoms. The Bertz CT molecular complexity index is 456. The van der Waals surface area contributed by atoms with E-state index in [1.165, 1.54) is 12.0 Å². The standard InChI is InChI=1S/C16H24N2O2/c1-12(2)9-14(18-7-5-17-6-8-18)13-3-4-15-16(10-13)20-11-19-15/h3-4,10,12,14,17H,5-9,11H2,1-2H3. The summed E-state index contributed by atoms with van der Waals surface area (Å²) in [5.41, 5.74) is 1.35. The summed E-state index contributed by atoms with van der Waals surface area (Å²) in [6.07, 6.45) is 1.18. The summed E-state index contributed by atoms with van der Waals surface area (Å²) in [7, 11) is 0. The third-order valence-corrected chi connectivity index (χ3v) is 4.07. The lowest BCUT2D eigenvalue weighted by atomic mass is 9.94. The highest BCUT2D eigenvalue weighted by atomic mass is 16.7. The minimum absolute atomic E-state index is 0.348. The van der Waals surface area contributed by atoms with Crippen LogP contribution in [-0.2, 0) is 0 Å². The molecule has 110 valence electrons. The molecule has 2 aliphatic rings. The summed E-state index contributed by atoms with van der Waals surface area (Å²) < 4.78 is 10.9. The van der Waals surface area contributed by atoms with Gasteiger partial charge in [-0.1, -0.05) is 19.9 Å². The molecule has 0 radical (unpaired) electrons. The van der Waals surface area contributed by atoms with E-state index in [-0.39, 0.29) is 0 Å². The molecule has 0 bridgehead atoms. The second kappa shape index (κ2) is 6.02. The van der Waals surface area contributed by atoms with Gasteiger partial charge in [-0.05, 0) is 30.0 Å². The van der Waals surface area contributed by atoms with E-state index in [4.69, 9.17) is 9.47 Å². The fraction of sp³-hybridized carbons (Fsp3) is 0.625. The third kappa shape index (κ3) is 2.91. The van der Waals surface area contributed by atoms with Crippen LogP contribution in [0.25, 0.3) is 0 Å². The van der Waals surface area contributed by atoms with Crippen molar-refractivity contribution in [3.63, 3.8) is 0 Å². The molecule has 0 spiro atoms. The van der Waals surface area contributed by atoms with Gasteiger partial charge in [0, 0.05) is 32.2 Å². The third-order valence-electron chi connectivity index (χ3n) is 4.07. The molecule has 1 unspecified atom stereocenters. The van der Waals surface area contributed by atoms with Crippen LogP contribution >= 0.6 is 0 Å². The van der Waals surface area contributed by atoms with Crippen LogP contribution in [-0.4, -0.2) is 37.9 Å². The Balaban J connectivity index is 1.83. The maximum Gasteiger partial charge on any atom is 0.231 e. The highest BCUT2D eigenvalue weighted by Gasteiger charge is 2.25. The number of nitrogens with one attached hydrogen (secondary N) is 1. The minimum Gasteiger partial charge on any atom is -0.454 e. The van der Waals surface area contributed by atoms with Crippen LogP contribution in [0.5, 0.6) is 11.5 Å². The van der Waals surface area contributed by atoms with Gasteiger partial charge in [0.15, 0.2) is 11.5 Å². The number of nitrogens with zero attached hydrogens (tertiary/aromatic N) is 1. The molecule has 4 nitrogen and oxygen atoms in total. The summed E-state index contributed by atoms with van der Waals surface area (Å²) >= 11 is 0. The first-order valence-corrected chi connectivity index (χ1v) is 7.58. The molecule has 1 aromatic rings. The van der Waals surface area contributed by atoms with E-state index in [0.29, 0.717) is 18.8 Å². The van der Waals surface area contributed by atoms with Gasteiger partial charge < -0.3 is 14.8 Å². The molecule has 2 heterocycles. The van der Waals surface area contributed by atoms with Gasteiger partial charge in [-0.25, -0.2) is 0 Å². The van der Waals surface area contributed by atoms with Crippen molar-refractivity contribution in [2.75, 3.05) is 33.0 Å². The molecule has 1 N–H and O–H groups in total. The number of hydrogen-bond acceptors (Lipinski definition) is 4. The Kier molecular flexibility index (Phi) is 4.13. The Morgan fingerprint density at radius 3 is 2.65 bits per heavy atom. The van der Waals surface area contributed by atoms with Crippen LogP contribution in [0.2, 0.25) is 0 Å². The lowest BCUT2D eigenvalue weighted by molar-refractivity contribution is 0.153. The summed E-state index contributed by atoms with van der Waals surface area (Å²) in [5, 5.41) is 3.43. The van der Waals surface area contributed by atoms with Crippen molar-refractivity contribution in [2.24, 2.45) is 5.92 Å². The molecule has 20 heavy (non-hydrogen) atoms. The monoisotopic (exact) mass is 276 g/mol.